The quantitative estimate of drug-likeness (QED) is 0.0204. The first-order chi connectivity index (χ1) is 38.6. The van der Waals surface area contributed by atoms with E-state index in [0.29, 0.717) is 12.8 Å². The normalized spacial score (nSPS) is 24.7. The van der Waals surface area contributed by atoms with Gasteiger partial charge in [0, 0.05) is 6.42 Å². The van der Waals surface area contributed by atoms with Crippen LogP contribution in [0.15, 0.2) is 48.6 Å². The van der Waals surface area contributed by atoms with E-state index in [2.05, 4.69) is 67.8 Å². The van der Waals surface area contributed by atoms with Crippen LogP contribution in [0.1, 0.15) is 264 Å². The van der Waals surface area contributed by atoms with Crippen LogP contribution in [0.3, 0.4) is 0 Å². The minimum absolute atomic E-state index is 0.210. The van der Waals surface area contributed by atoms with Crippen molar-refractivity contribution in [3.8, 4) is 0 Å². The van der Waals surface area contributed by atoms with E-state index in [1.54, 1.807) is 0 Å². The highest BCUT2D eigenvalue weighted by Gasteiger charge is 2.51. The number of carbonyl (C=O) groups is 1. The van der Waals surface area contributed by atoms with Crippen molar-refractivity contribution < 1.29 is 64.6 Å². The number of hydrogen-bond donors (Lipinski definition) is 9. The van der Waals surface area contributed by atoms with Crippen LogP contribution in [0.5, 0.6) is 0 Å². The lowest BCUT2D eigenvalue weighted by molar-refractivity contribution is -0.359. The zero-order valence-electron chi connectivity index (χ0n) is 49.9. The van der Waals surface area contributed by atoms with Crippen molar-refractivity contribution in [2.24, 2.45) is 0 Å². The molecule has 462 valence electrons. The number of aliphatic hydroxyl groups excluding tert-OH is 8. The summed E-state index contributed by atoms with van der Waals surface area (Å²) in [7, 11) is 0. The summed E-state index contributed by atoms with van der Waals surface area (Å²) in [5.41, 5.74) is 0. The summed E-state index contributed by atoms with van der Waals surface area (Å²) >= 11 is 0. The molecule has 14 heteroatoms. The fourth-order valence-corrected chi connectivity index (χ4v) is 10.6. The number of ether oxygens (including phenoxy) is 4. The van der Waals surface area contributed by atoms with Gasteiger partial charge in [0.15, 0.2) is 12.6 Å². The van der Waals surface area contributed by atoms with Gasteiger partial charge in [-0.3, -0.25) is 4.79 Å². The molecule has 2 saturated heterocycles. The molecule has 0 aromatic carbocycles. The number of unbranched alkanes of at least 4 members (excludes halogenated alkanes) is 31. The molecule has 0 spiro atoms. The molecule has 2 aliphatic heterocycles. The summed E-state index contributed by atoms with van der Waals surface area (Å²) < 4.78 is 22.9. The van der Waals surface area contributed by atoms with Gasteiger partial charge in [-0.15, -0.1) is 0 Å². The smallest absolute Gasteiger partial charge is 0.220 e. The molecule has 14 nitrogen and oxygen atoms in total. The van der Waals surface area contributed by atoms with Gasteiger partial charge in [-0.1, -0.05) is 255 Å². The van der Waals surface area contributed by atoms with Crippen molar-refractivity contribution in [1.29, 1.82) is 0 Å². The molecule has 1 amide bonds. The predicted octanol–water partition coefficient (Wildman–Crippen LogP) is 12.0. The first-order valence-corrected chi connectivity index (χ1v) is 32.4. The predicted molar refractivity (Wildman–Crippen MR) is 318 cm³/mol. The molecule has 0 aliphatic carbocycles. The molecular formula is C65H119NO13. The maximum Gasteiger partial charge on any atom is 0.220 e. The summed E-state index contributed by atoms with van der Waals surface area (Å²) in [4.78, 5) is 13.3. The van der Waals surface area contributed by atoms with E-state index in [1.807, 2.05) is 0 Å². The average Bonchev–Trinajstić information content (AvgIpc) is 3.47. The van der Waals surface area contributed by atoms with E-state index in [-0.39, 0.29) is 12.5 Å². The number of nitrogens with one attached hydrogen (secondary N) is 1. The molecule has 2 rings (SSSR count). The Kier molecular flexibility index (Phi) is 46.7. The minimum Gasteiger partial charge on any atom is -0.394 e. The third-order valence-corrected chi connectivity index (χ3v) is 15.8. The van der Waals surface area contributed by atoms with Gasteiger partial charge in [0.2, 0.25) is 5.91 Å². The van der Waals surface area contributed by atoms with E-state index < -0.39 is 86.8 Å². The molecule has 0 aromatic rings. The molecule has 79 heavy (non-hydrogen) atoms. The molecule has 0 bridgehead atoms. The summed E-state index contributed by atoms with van der Waals surface area (Å²) in [5.74, 6) is -0.210. The average molecular weight is 1120 g/mol. The molecule has 12 atom stereocenters. The van der Waals surface area contributed by atoms with Gasteiger partial charge in [0.25, 0.3) is 0 Å². The van der Waals surface area contributed by atoms with Crippen molar-refractivity contribution >= 4 is 5.91 Å². The van der Waals surface area contributed by atoms with Gasteiger partial charge >= 0.3 is 0 Å². The second-order valence-electron chi connectivity index (χ2n) is 22.9. The number of rotatable bonds is 52. The molecule has 0 radical (unpaired) electrons. The van der Waals surface area contributed by atoms with Crippen molar-refractivity contribution in [3.63, 3.8) is 0 Å². The van der Waals surface area contributed by atoms with Gasteiger partial charge in [0.1, 0.15) is 48.8 Å². The van der Waals surface area contributed by atoms with Gasteiger partial charge < -0.3 is 65.1 Å². The SMILES string of the molecule is CC/C=C\C/C=C\C/C=C\C/C=C\CCCCCCCCCCCCC(=O)NC(COC1OC(CO)C(OC2OC(CO)C(O)C(O)C2O)C(O)C1O)C(O)CCCCCCCCCCCCCCCCCCCCCCCC. The van der Waals surface area contributed by atoms with Crippen LogP contribution in [-0.4, -0.2) is 140 Å². The Hall–Kier alpha value is -2.05. The van der Waals surface area contributed by atoms with Crippen LogP contribution < -0.4 is 5.32 Å². The highest BCUT2D eigenvalue weighted by atomic mass is 16.7. The van der Waals surface area contributed by atoms with Crippen LogP contribution in [-0.2, 0) is 23.7 Å². The van der Waals surface area contributed by atoms with Gasteiger partial charge in [-0.2, -0.15) is 0 Å². The lowest BCUT2D eigenvalue weighted by Gasteiger charge is -2.46. The second-order valence-corrected chi connectivity index (χ2v) is 22.9. The Balaban J connectivity index is 1.72. The number of allylic oxidation sites excluding steroid dienone is 8. The maximum absolute atomic E-state index is 13.3. The third-order valence-electron chi connectivity index (χ3n) is 15.8. The Morgan fingerprint density at radius 1 is 0.468 bits per heavy atom. The van der Waals surface area contributed by atoms with E-state index in [9.17, 15) is 45.6 Å². The minimum atomic E-state index is -1.78. The summed E-state index contributed by atoms with van der Waals surface area (Å²) in [5, 5.41) is 87.5. The first kappa shape index (κ1) is 73.1. The number of hydrogen-bond acceptors (Lipinski definition) is 13. The maximum atomic E-state index is 13.3. The highest BCUT2D eigenvalue weighted by molar-refractivity contribution is 5.76. The van der Waals surface area contributed by atoms with Gasteiger partial charge in [-0.25, -0.2) is 0 Å². The van der Waals surface area contributed by atoms with E-state index >= 15 is 0 Å². The lowest BCUT2D eigenvalue weighted by atomic mass is 9.97. The molecule has 2 heterocycles. The van der Waals surface area contributed by atoms with Crippen LogP contribution in [0.2, 0.25) is 0 Å². The molecule has 2 fully saturated rings. The van der Waals surface area contributed by atoms with Crippen LogP contribution >= 0.6 is 0 Å². The highest BCUT2D eigenvalue weighted by Crippen LogP contribution is 2.30. The largest absolute Gasteiger partial charge is 0.394 e. The zero-order chi connectivity index (χ0) is 57.4. The van der Waals surface area contributed by atoms with Gasteiger partial charge in [-0.05, 0) is 51.4 Å². The Labute approximate surface area is 480 Å². The van der Waals surface area contributed by atoms with E-state index in [4.69, 9.17) is 18.9 Å². The Morgan fingerprint density at radius 2 is 0.873 bits per heavy atom. The molecule has 0 aromatic heterocycles. The third kappa shape index (κ3) is 35.6. The Bertz CT molecular complexity index is 1510. The number of carbonyl (C=O) groups excluding carboxylic acids is 1. The van der Waals surface area contributed by atoms with Gasteiger partial charge in [0.05, 0.1) is 32.0 Å². The number of aliphatic hydroxyl groups is 8. The molecular weight excluding hydrogens is 1000 g/mol. The monoisotopic (exact) mass is 1120 g/mol. The van der Waals surface area contributed by atoms with Crippen LogP contribution in [0.4, 0.5) is 0 Å². The molecule has 12 unspecified atom stereocenters. The first-order valence-electron chi connectivity index (χ1n) is 32.4. The second kappa shape index (κ2) is 50.5. The van der Waals surface area contributed by atoms with Crippen molar-refractivity contribution in [2.75, 3.05) is 19.8 Å². The standard InChI is InChI=1S/C65H119NO13/c1-3-5-7-9-11-13-15-17-19-21-23-25-27-29-31-33-35-37-39-41-43-45-47-49-57(70)66-53(52-76-64-62(75)60(73)63(56(51-68)78-64)79-65-61(74)59(72)58(71)55(50-67)77-65)54(69)48-46-44-42-40-38-36-34-32-30-28-26-24-22-20-18-16-14-12-10-8-6-4-2/h5,7,11,13,17,19,23,25,53-56,58-65,67-69,71-75H,3-4,6,8-10,12,14-16,18,20-22,24,26-52H2,1-2H3,(H,66,70)/b7-5-,13-11-,19-17-,25-23-. The van der Waals surface area contributed by atoms with Crippen molar-refractivity contribution in [3.05, 3.63) is 48.6 Å². The van der Waals surface area contributed by atoms with E-state index in [1.165, 1.54) is 154 Å². The Morgan fingerprint density at radius 3 is 1.34 bits per heavy atom. The summed E-state index contributed by atoms with van der Waals surface area (Å²) in [6.45, 7) is 2.77. The van der Waals surface area contributed by atoms with Crippen LogP contribution in [0.25, 0.3) is 0 Å². The fourth-order valence-electron chi connectivity index (χ4n) is 10.6. The molecule has 2 aliphatic rings. The summed E-state index contributed by atoms with van der Waals surface area (Å²) in [6.07, 6.45) is 46.8. The van der Waals surface area contributed by atoms with Crippen molar-refractivity contribution in [2.45, 2.75) is 338 Å². The fraction of sp³-hybridized carbons (Fsp3) is 0.862. The lowest BCUT2D eigenvalue weighted by Crippen LogP contribution is -2.65. The van der Waals surface area contributed by atoms with Crippen LogP contribution in [0, 0.1) is 0 Å². The summed E-state index contributed by atoms with van der Waals surface area (Å²) in [6, 6.07) is -0.833. The number of amides is 1. The molecule has 0 saturated carbocycles. The zero-order valence-corrected chi connectivity index (χ0v) is 49.9. The van der Waals surface area contributed by atoms with E-state index in [0.717, 1.165) is 83.5 Å². The molecule has 9 N–H and O–H groups in total. The van der Waals surface area contributed by atoms with Crippen molar-refractivity contribution in [1.82, 2.24) is 5.32 Å². The topological polar surface area (TPSA) is 228 Å².